The van der Waals surface area contributed by atoms with Gasteiger partial charge in [-0.25, -0.2) is 0 Å². The number of likely N-dealkylation sites (tertiary alicyclic amines) is 1. The molecule has 1 aromatic carbocycles. The third kappa shape index (κ3) is 4.57. The van der Waals surface area contributed by atoms with Gasteiger partial charge in [0.15, 0.2) is 0 Å². The minimum absolute atomic E-state index is 0.377. The monoisotopic (exact) mass is 547 g/mol. The zero-order valence-electron chi connectivity index (χ0n) is 17.6. The molecule has 31 heavy (non-hydrogen) atoms. The summed E-state index contributed by atoms with van der Waals surface area (Å²) in [4.78, 5) is 2.68. The summed E-state index contributed by atoms with van der Waals surface area (Å²) in [5, 5.41) is 4.53. The summed E-state index contributed by atoms with van der Waals surface area (Å²) < 4.78 is 46.4. The maximum absolute atomic E-state index is 13.0. The van der Waals surface area contributed by atoms with Gasteiger partial charge in [-0.1, -0.05) is 6.07 Å². The second-order valence-corrected chi connectivity index (χ2v) is 10.7. The van der Waals surface area contributed by atoms with E-state index in [0.29, 0.717) is 26.7 Å². The van der Waals surface area contributed by atoms with Gasteiger partial charge in [0.1, 0.15) is 6.54 Å². The van der Waals surface area contributed by atoms with Crippen LogP contribution in [-0.2, 0) is 11.3 Å². The number of fused-ring (bicyclic) bond motifs is 1. The van der Waals surface area contributed by atoms with Gasteiger partial charge in [0.2, 0.25) is 0 Å². The lowest BCUT2D eigenvalue weighted by atomic mass is 9.76. The van der Waals surface area contributed by atoms with Gasteiger partial charge in [-0.15, -0.1) is 0 Å². The van der Waals surface area contributed by atoms with Crippen LogP contribution in [-0.4, -0.2) is 54.0 Å². The van der Waals surface area contributed by atoms with E-state index in [0.717, 1.165) is 37.1 Å². The number of rotatable bonds is 4. The topological polar surface area (TPSA) is 29.4 Å². The first-order chi connectivity index (χ1) is 14.8. The van der Waals surface area contributed by atoms with Crippen LogP contribution in [0.4, 0.5) is 18.9 Å². The van der Waals surface area contributed by atoms with Crippen LogP contribution >= 0.6 is 22.6 Å². The van der Waals surface area contributed by atoms with Gasteiger partial charge >= 0.3 is 6.18 Å². The van der Waals surface area contributed by atoms with E-state index in [1.54, 1.807) is 6.07 Å². The summed E-state index contributed by atoms with van der Waals surface area (Å²) in [5.74, 6) is 0. The first kappa shape index (κ1) is 21.8. The number of ether oxygens (including phenoxy) is 1. The third-order valence-electron chi connectivity index (χ3n) is 7.48. The van der Waals surface area contributed by atoms with Crippen LogP contribution < -0.4 is 5.32 Å². The molecule has 170 valence electrons. The predicted molar refractivity (Wildman–Crippen MR) is 124 cm³/mol. The molecule has 2 aromatic rings. The van der Waals surface area contributed by atoms with E-state index in [9.17, 15) is 13.2 Å². The van der Waals surface area contributed by atoms with Crippen molar-refractivity contribution >= 4 is 39.2 Å². The average molecular weight is 547 g/mol. The van der Waals surface area contributed by atoms with Crippen molar-refractivity contribution in [1.82, 2.24) is 9.47 Å². The Kier molecular flexibility index (Phi) is 5.92. The van der Waals surface area contributed by atoms with Crippen LogP contribution in [0.25, 0.3) is 10.9 Å². The van der Waals surface area contributed by atoms with Crippen LogP contribution in [0.5, 0.6) is 0 Å². The Hall–Kier alpha value is -1.00. The lowest BCUT2D eigenvalue weighted by Gasteiger charge is -2.49. The van der Waals surface area contributed by atoms with Gasteiger partial charge < -0.3 is 19.5 Å². The van der Waals surface area contributed by atoms with Crippen molar-refractivity contribution in [3.8, 4) is 0 Å². The molecule has 1 saturated carbocycles. The standard InChI is InChI=1S/C23H29F3IN3O/c24-23(25,26)13-30-20-3-1-2-19(18(20)12-21(30)27)28-16-4-6-17(7-5-16)29-10-8-22(9-11-29)14-31-15-22/h1-3,12,16-17,28H,4-11,13-15H2. The first-order valence-electron chi connectivity index (χ1n) is 11.2. The van der Waals surface area contributed by atoms with E-state index < -0.39 is 12.7 Å². The van der Waals surface area contributed by atoms with E-state index >= 15 is 0 Å². The van der Waals surface area contributed by atoms with Crippen molar-refractivity contribution in [2.45, 2.75) is 63.3 Å². The summed E-state index contributed by atoms with van der Waals surface area (Å²) in [6, 6.07) is 8.54. The summed E-state index contributed by atoms with van der Waals surface area (Å²) >= 11 is 2.00. The highest BCUT2D eigenvalue weighted by atomic mass is 127. The molecule has 2 saturated heterocycles. The zero-order valence-corrected chi connectivity index (χ0v) is 19.7. The van der Waals surface area contributed by atoms with Gasteiger partial charge in [-0.2, -0.15) is 13.2 Å². The van der Waals surface area contributed by atoms with Crippen molar-refractivity contribution in [1.29, 1.82) is 0 Å². The van der Waals surface area contributed by atoms with Gasteiger partial charge in [0.25, 0.3) is 0 Å². The van der Waals surface area contributed by atoms with E-state index in [2.05, 4.69) is 10.2 Å². The fourth-order valence-corrected chi connectivity index (χ4v) is 6.31. The second kappa shape index (κ2) is 8.41. The molecular weight excluding hydrogens is 518 g/mol. The van der Waals surface area contributed by atoms with Crippen LogP contribution in [0.15, 0.2) is 24.3 Å². The molecule has 3 aliphatic rings. The third-order valence-corrected chi connectivity index (χ3v) is 8.37. The molecule has 3 heterocycles. The number of hydrogen-bond donors (Lipinski definition) is 1. The smallest absolute Gasteiger partial charge is 0.382 e. The average Bonchev–Trinajstić information content (AvgIpc) is 3.03. The molecule has 5 rings (SSSR count). The summed E-state index contributed by atoms with van der Waals surface area (Å²) in [7, 11) is 0. The Bertz CT molecular complexity index is 922. The Morgan fingerprint density at radius 3 is 2.42 bits per heavy atom. The van der Waals surface area contributed by atoms with E-state index in [1.807, 2.05) is 40.8 Å². The number of nitrogens with zero attached hydrogens (tertiary/aromatic N) is 2. The highest BCUT2D eigenvalue weighted by molar-refractivity contribution is 14.1. The SMILES string of the molecule is FC(F)(F)Cn1c(I)cc2c(NC3CCC(N4CCC5(CC4)COC5)CC3)cccc21. The Morgan fingerprint density at radius 2 is 1.81 bits per heavy atom. The number of benzene rings is 1. The predicted octanol–water partition coefficient (Wildman–Crippen LogP) is 5.64. The summed E-state index contributed by atoms with van der Waals surface area (Å²) in [5.41, 5.74) is 2.07. The molecule has 0 unspecified atom stereocenters. The van der Waals surface area contributed by atoms with Crippen LogP contribution in [0, 0.1) is 9.12 Å². The lowest BCUT2D eigenvalue weighted by Crippen LogP contribution is -2.53. The fraction of sp³-hybridized carbons (Fsp3) is 0.652. The minimum atomic E-state index is -4.23. The van der Waals surface area contributed by atoms with Crippen molar-refractivity contribution < 1.29 is 17.9 Å². The van der Waals surface area contributed by atoms with Gasteiger partial charge in [0, 0.05) is 28.6 Å². The zero-order chi connectivity index (χ0) is 21.6. The molecule has 3 fully saturated rings. The molecule has 2 aliphatic heterocycles. The quantitative estimate of drug-likeness (QED) is 0.503. The number of piperidine rings is 1. The number of hydrogen-bond acceptors (Lipinski definition) is 3. The Morgan fingerprint density at radius 1 is 1.10 bits per heavy atom. The number of anilines is 1. The molecular formula is C23H29F3IN3O. The van der Waals surface area contributed by atoms with E-state index in [-0.39, 0.29) is 0 Å². The van der Waals surface area contributed by atoms with Crippen molar-refractivity contribution in [2.24, 2.45) is 5.41 Å². The number of aromatic nitrogens is 1. The van der Waals surface area contributed by atoms with Crippen molar-refractivity contribution in [3.63, 3.8) is 0 Å². The number of nitrogens with one attached hydrogen (secondary N) is 1. The normalized spacial score (nSPS) is 26.8. The number of halogens is 4. The minimum Gasteiger partial charge on any atom is -0.382 e. The summed E-state index contributed by atoms with van der Waals surface area (Å²) in [6.45, 7) is 3.33. The molecule has 8 heteroatoms. The maximum atomic E-state index is 13.0. The Labute approximate surface area is 194 Å². The van der Waals surface area contributed by atoms with E-state index in [4.69, 9.17) is 4.74 Å². The molecule has 0 atom stereocenters. The molecule has 0 radical (unpaired) electrons. The first-order valence-corrected chi connectivity index (χ1v) is 12.3. The molecule has 1 aromatic heterocycles. The van der Waals surface area contributed by atoms with Crippen molar-refractivity contribution in [3.05, 3.63) is 28.0 Å². The van der Waals surface area contributed by atoms with Crippen LogP contribution in [0.3, 0.4) is 0 Å². The molecule has 0 bridgehead atoms. The van der Waals surface area contributed by atoms with Gasteiger partial charge in [-0.05, 0) is 92.4 Å². The highest BCUT2D eigenvalue weighted by Gasteiger charge is 2.42. The molecule has 4 nitrogen and oxygen atoms in total. The van der Waals surface area contributed by atoms with Gasteiger partial charge in [0.05, 0.1) is 22.4 Å². The maximum Gasteiger partial charge on any atom is 0.406 e. The Balaban J connectivity index is 1.21. The highest BCUT2D eigenvalue weighted by Crippen LogP contribution is 2.40. The summed E-state index contributed by atoms with van der Waals surface area (Å²) in [6.07, 6.45) is 2.88. The molecule has 1 N–H and O–H groups in total. The lowest BCUT2D eigenvalue weighted by molar-refractivity contribution is -0.143. The van der Waals surface area contributed by atoms with Gasteiger partial charge in [-0.3, -0.25) is 0 Å². The second-order valence-electron chi connectivity index (χ2n) is 9.59. The fourth-order valence-electron chi connectivity index (χ4n) is 5.57. The number of alkyl halides is 3. The molecule has 1 spiro atoms. The van der Waals surface area contributed by atoms with Crippen LogP contribution in [0.2, 0.25) is 0 Å². The van der Waals surface area contributed by atoms with E-state index in [1.165, 1.54) is 43.3 Å². The molecule has 0 amide bonds. The largest absolute Gasteiger partial charge is 0.406 e. The van der Waals surface area contributed by atoms with Crippen molar-refractivity contribution in [2.75, 3.05) is 31.6 Å². The van der Waals surface area contributed by atoms with Crippen LogP contribution in [0.1, 0.15) is 38.5 Å². The molecule has 1 aliphatic carbocycles.